The van der Waals surface area contributed by atoms with Gasteiger partial charge in [-0.1, -0.05) is 25.7 Å². The molecule has 5 atom stereocenters. The zero-order valence-corrected chi connectivity index (χ0v) is 19.3. The summed E-state index contributed by atoms with van der Waals surface area (Å²) in [6, 6.07) is 0. The number of unbranched alkanes of at least 4 members (excludes halogenated alkanes) is 5. The summed E-state index contributed by atoms with van der Waals surface area (Å²) in [6.07, 6.45) is 0.797. The van der Waals surface area contributed by atoms with E-state index in [0.717, 1.165) is 38.5 Å². The lowest BCUT2D eigenvalue weighted by Crippen LogP contribution is -2.41. The number of carbonyl (C=O) groups is 2. The molecule has 0 aromatic heterocycles. The lowest BCUT2D eigenvalue weighted by atomic mass is 10.1. The van der Waals surface area contributed by atoms with E-state index in [4.69, 9.17) is 19.3 Å². The molecule has 1 rings (SSSR count). The fraction of sp³-hybridized carbons (Fsp3) is 0.905. The van der Waals surface area contributed by atoms with E-state index in [2.05, 4.69) is 9.47 Å². The van der Waals surface area contributed by atoms with E-state index < -0.39 is 37.3 Å². The second kappa shape index (κ2) is 16.3. The minimum atomic E-state index is -1.20. The van der Waals surface area contributed by atoms with Crippen molar-refractivity contribution < 1.29 is 48.6 Å². The van der Waals surface area contributed by atoms with Crippen molar-refractivity contribution in [1.82, 2.24) is 4.90 Å². The topological polar surface area (TPSA) is 144 Å². The highest BCUT2D eigenvalue weighted by atomic mass is 16.7. The summed E-state index contributed by atoms with van der Waals surface area (Å²) in [5.74, 6) is -0.779. The van der Waals surface area contributed by atoms with Crippen molar-refractivity contribution in [2.75, 3.05) is 54.2 Å². The Morgan fingerprint density at radius 2 is 1.53 bits per heavy atom. The zero-order chi connectivity index (χ0) is 23.9. The van der Waals surface area contributed by atoms with Crippen molar-refractivity contribution in [2.45, 2.75) is 69.2 Å². The van der Waals surface area contributed by atoms with Crippen LogP contribution in [-0.4, -0.2) is 117 Å². The third-order valence-electron chi connectivity index (χ3n) is 5.37. The van der Waals surface area contributed by atoms with Crippen LogP contribution in [0.2, 0.25) is 0 Å². The van der Waals surface area contributed by atoms with Gasteiger partial charge in [0, 0.05) is 13.7 Å². The van der Waals surface area contributed by atoms with Crippen molar-refractivity contribution in [2.24, 2.45) is 0 Å². The van der Waals surface area contributed by atoms with Gasteiger partial charge in [0.05, 0.1) is 33.9 Å². The molecule has 1 fully saturated rings. The monoisotopic (exact) mass is 465 g/mol. The molecule has 0 amide bonds. The Bertz CT molecular complexity index is 517. The van der Waals surface area contributed by atoms with Crippen LogP contribution >= 0.6 is 0 Å². The minimum Gasteiger partial charge on any atom is -0.468 e. The van der Waals surface area contributed by atoms with Crippen LogP contribution in [0.5, 0.6) is 0 Å². The van der Waals surface area contributed by atoms with Crippen molar-refractivity contribution in [3.05, 3.63) is 0 Å². The summed E-state index contributed by atoms with van der Waals surface area (Å²) in [4.78, 5) is 24.6. The van der Waals surface area contributed by atoms with E-state index in [1.807, 2.05) is 0 Å². The van der Waals surface area contributed by atoms with Crippen LogP contribution in [0.3, 0.4) is 0 Å². The Hall–Kier alpha value is -1.34. The minimum absolute atomic E-state index is 0.0539. The van der Waals surface area contributed by atoms with Crippen LogP contribution in [0.25, 0.3) is 0 Å². The third kappa shape index (κ3) is 10.1. The molecule has 1 heterocycles. The number of nitrogens with zero attached hydrogens (tertiary/aromatic N) is 1. The van der Waals surface area contributed by atoms with Crippen molar-refractivity contribution in [3.63, 3.8) is 0 Å². The summed E-state index contributed by atoms with van der Waals surface area (Å²) in [7, 11) is 4.06. The van der Waals surface area contributed by atoms with E-state index in [1.54, 1.807) is 4.90 Å². The molecular formula is C21H39NO10. The number of aliphatic hydroxyl groups is 3. The molecule has 11 nitrogen and oxygen atoms in total. The molecule has 1 aliphatic heterocycles. The molecule has 188 valence electrons. The highest BCUT2D eigenvalue weighted by Gasteiger charge is 2.47. The number of rotatable bonds is 17. The Balaban J connectivity index is 2.18. The number of aliphatic hydroxyl groups excluding tert-OH is 3. The summed E-state index contributed by atoms with van der Waals surface area (Å²) in [5.41, 5.74) is 0. The van der Waals surface area contributed by atoms with Crippen LogP contribution in [0.4, 0.5) is 0 Å². The predicted molar refractivity (Wildman–Crippen MR) is 113 cm³/mol. The standard InChI is InChI=1S/C21H39NO10/c1-28-16(25)12-22(13-17(26)29-2)10-8-6-4-5-7-9-11-31-20-18(27)19(15(24)14-23)32-21(20)30-3/h15,18-21,23-24,27H,4-14H2,1-3H3/t15-,18+,19-,20-,21?/m1/s1. The van der Waals surface area contributed by atoms with Gasteiger partial charge >= 0.3 is 11.9 Å². The molecule has 0 saturated carbocycles. The molecule has 0 aromatic carbocycles. The molecule has 0 aliphatic carbocycles. The van der Waals surface area contributed by atoms with Gasteiger partial charge in [0.1, 0.15) is 24.4 Å². The first-order chi connectivity index (χ1) is 15.4. The van der Waals surface area contributed by atoms with Gasteiger partial charge in [0.15, 0.2) is 6.29 Å². The average Bonchev–Trinajstić information content (AvgIpc) is 3.12. The normalized spacial score (nSPS) is 24.0. The highest BCUT2D eigenvalue weighted by molar-refractivity contribution is 5.74. The van der Waals surface area contributed by atoms with Gasteiger partial charge < -0.3 is 39.0 Å². The van der Waals surface area contributed by atoms with Gasteiger partial charge in [-0.3, -0.25) is 14.5 Å². The maximum absolute atomic E-state index is 11.5. The summed E-state index contributed by atoms with van der Waals surface area (Å²) in [5, 5.41) is 29.1. The highest BCUT2D eigenvalue weighted by Crippen LogP contribution is 2.27. The largest absolute Gasteiger partial charge is 0.468 e. The molecule has 0 radical (unpaired) electrons. The Kier molecular flexibility index (Phi) is 14.6. The van der Waals surface area contributed by atoms with Crippen LogP contribution in [-0.2, 0) is 33.3 Å². The van der Waals surface area contributed by atoms with Crippen LogP contribution in [0.1, 0.15) is 38.5 Å². The van der Waals surface area contributed by atoms with Crippen LogP contribution in [0, 0.1) is 0 Å². The van der Waals surface area contributed by atoms with Gasteiger partial charge in [-0.15, -0.1) is 0 Å². The number of hydrogen-bond donors (Lipinski definition) is 3. The predicted octanol–water partition coefficient (Wildman–Crippen LogP) is -0.554. The maximum atomic E-state index is 11.5. The van der Waals surface area contributed by atoms with Crippen LogP contribution < -0.4 is 0 Å². The van der Waals surface area contributed by atoms with Gasteiger partial charge in [-0.05, 0) is 19.4 Å². The first kappa shape index (κ1) is 28.7. The maximum Gasteiger partial charge on any atom is 0.319 e. The average molecular weight is 466 g/mol. The fourth-order valence-electron chi connectivity index (χ4n) is 3.52. The van der Waals surface area contributed by atoms with Gasteiger partial charge in [-0.25, -0.2) is 0 Å². The molecule has 11 heteroatoms. The number of methoxy groups -OCH3 is 3. The van der Waals surface area contributed by atoms with Crippen molar-refractivity contribution in [1.29, 1.82) is 0 Å². The molecule has 3 N–H and O–H groups in total. The molecule has 1 aliphatic rings. The molecule has 0 aromatic rings. The van der Waals surface area contributed by atoms with E-state index in [9.17, 15) is 19.8 Å². The fourth-order valence-corrected chi connectivity index (χ4v) is 3.52. The second-order valence-electron chi connectivity index (χ2n) is 7.76. The van der Waals surface area contributed by atoms with E-state index >= 15 is 0 Å². The second-order valence-corrected chi connectivity index (χ2v) is 7.76. The van der Waals surface area contributed by atoms with E-state index in [-0.39, 0.29) is 25.0 Å². The van der Waals surface area contributed by atoms with Crippen LogP contribution in [0.15, 0.2) is 0 Å². The summed E-state index contributed by atoms with van der Waals surface area (Å²) < 4.78 is 25.6. The summed E-state index contributed by atoms with van der Waals surface area (Å²) in [6.45, 7) is 0.607. The number of hydrogen-bond acceptors (Lipinski definition) is 11. The molecular weight excluding hydrogens is 426 g/mol. The van der Waals surface area contributed by atoms with Gasteiger partial charge in [0.25, 0.3) is 0 Å². The number of carbonyl (C=O) groups excluding carboxylic acids is 2. The van der Waals surface area contributed by atoms with E-state index in [1.165, 1.54) is 21.3 Å². The van der Waals surface area contributed by atoms with Crippen molar-refractivity contribution >= 4 is 11.9 Å². The van der Waals surface area contributed by atoms with Crippen molar-refractivity contribution in [3.8, 4) is 0 Å². The Labute approximate surface area is 189 Å². The van der Waals surface area contributed by atoms with Gasteiger partial charge in [-0.2, -0.15) is 0 Å². The number of ether oxygens (including phenoxy) is 5. The summed E-state index contributed by atoms with van der Waals surface area (Å²) >= 11 is 0. The Morgan fingerprint density at radius 3 is 2.06 bits per heavy atom. The first-order valence-corrected chi connectivity index (χ1v) is 11.0. The lowest BCUT2D eigenvalue weighted by molar-refractivity contribution is -0.175. The molecule has 1 saturated heterocycles. The SMILES string of the molecule is COC(=O)CN(CCCCCCCCO[C@H]1C(OC)O[C@H]([C@H](O)CO)[C@@H]1O)CC(=O)OC. The lowest BCUT2D eigenvalue weighted by Gasteiger charge is -2.21. The first-order valence-electron chi connectivity index (χ1n) is 11.0. The Morgan fingerprint density at radius 1 is 0.969 bits per heavy atom. The quantitative estimate of drug-likeness (QED) is 0.188. The molecule has 0 spiro atoms. The van der Waals surface area contributed by atoms with Gasteiger partial charge in [0.2, 0.25) is 0 Å². The zero-order valence-electron chi connectivity index (χ0n) is 19.3. The molecule has 1 unspecified atom stereocenters. The third-order valence-corrected chi connectivity index (χ3v) is 5.37. The number of esters is 2. The molecule has 32 heavy (non-hydrogen) atoms. The smallest absolute Gasteiger partial charge is 0.319 e. The molecule has 0 bridgehead atoms. The van der Waals surface area contributed by atoms with E-state index in [0.29, 0.717) is 13.2 Å².